The topological polar surface area (TPSA) is 32.3 Å². The molecule has 0 aromatic carbocycles. The first-order valence-corrected chi connectivity index (χ1v) is 5.23. The largest absolute Gasteiger partial charge is 0.393 e. The molecule has 2 fully saturated rings. The van der Waals surface area contributed by atoms with E-state index in [9.17, 15) is 5.11 Å². The molecule has 0 aliphatic heterocycles. The third kappa shape index (κ3) is 2.46. The first-order chi connectivity index (χ1) is 5.84. The monoisotopic (exact) mass is 169 g/mol. The Balaban J connectivity index is 1.54. The van der Waals surface area contributed by atoms with Crippen LogP contribution in [0.15, 0.2) is 0 Å². The highest BCUT2D eigenvalue weighted by atomic mass is 16.3. The summed E-state index contributed by atoms with van der Waals surface area (Å²) < 4.78 is 0. The van der Waals surface area contributed by atoms with Gasteiger partial charge in [0.15, 0.2) is 0 Å². The van der Waals surface area contributed by atoms with E-state index >= 15 is 0 Å². The van der Waals surface area contributed by atoms with Crippen LogP contribution in [-0.4, -0.2) is 24.3 Å². The molecule has 0 saturated heterocycles. The maximum absolute atomic E-state index is 9.29. The molecule has 0 spiro atoms. The molecular formula is C10H19NO. The summed E-state index contributed by atoms with van der Waals surface area (Å²) in [6, 6.07) is 0. The van der Waals surface area contributed by atoms with E-state index in [2.05, 4.69) is 5.32 Å². The van der Waals surface area contributed by atoms with Gasteiger partial charge in [0.05, 0.1) is 6.10 Å². The van der Waals surface area contributed by atoms with Crippen molar-refractivity contribution in [2.45, 2.75) is 38.2 Å². The molecule has 12 heavy (non-hydrogen) atoms. The fraction of sp³-hybridized carbons (Fsp3) is 1.00. The lowest BCUT2D eigenvalue weighted by Crippen LogP contribution is -2.23. The predicted molar refractivity (Wildman–Crippen MR) is 48.9 cm³/mol. The minimum absolute atomic E-state index is 0.00211. The van der Waals surface area contributed by atoms with Crippen LogP contribution in [0.1, 0.15) is 32.1 Å². The second-order valence-electron chi connectivity index (χ2n) is 4.43. The summed E-state index contributed by atoms with van der Waals surface area (Å²) >= 11 is 0. The van der Waals surface area contributed by atoms with Gasteiger partial charge in [-0.05, 0) is 57.0 Å². The molecule has 0 aromatic heterocycles. The molecule has 2 aliphatic rings. The van der Waals surface area contributed by atoms with Crippen molar-refractivity contribution in [1.82, 2.24) is 5.32 Å². The Morgan fingerprint density at radius 3 is 2.25 bits per heavy atom. The summed E-state index contributed by atoms with van der Waals surface area (Å²) in [5.74, 6) is 1.73. The van der Waals surface area contributed by atoms with Gasteiger partial charge in [0, 0.05) is 0 Å². The Bertz CT molecular complexity index is 145. The van der Waals surface area contributed by atoms with Gasteiger partial charge < -0.3 is 10.4 Å². The molecule has 0 heterocycles. The molecule has 2 N–H and O–H groups in total. The van der Waals surface area contributed by atoms with Crippen LogP contribution < -0.4 is 5.32 Å². The molecule has 2 heteroatoms. The third-order valence-corrected chi connectivity index (χ3v) is 3.08. The fourth-order valence-corrected chi connectivity index (χ4v) is 2.05. The van der Waals surface area contributed by atoms with Crippen molar-refractivity contribution in [2.75, 3.05) is 13.1 Å². The molecule has 0 amide bonds. The van der Waals surface area contributed by atoms with Gasteiger partial charge in [0.25, 0.3) is 0 Å². The van der Waals surface area contributed by atoms with Crippen molar-refractivity contribution < 1.29 is 5.11 Å². The number of hydrogen-bond acceptors (Lipinski definition) is 2. The average Bonchev–Trinajstić information content (AvgIpc) is 2.76. The van der Waals surface area contributed by atoms with E-state index in [1.807, 2.05) is 0 Å². The van der Waals surface area contributed by atoms with Gasteiger partial charge in [-0.25, -0.2) is 0 Å². The summed E-state index contributed by atoms with van der Waals surface area (Å²) in [6.07, 6.45) is 6.13. The third-order valence-electron chi connectivity index (χ3n) is 3.08. The maximum Gasteiger partial charge on any atom is 0.0543 e. The van der Waals surface area contributed by atoms with Gasteiger partial charge in [0.2, 0.25) is 0 Å². The molecule has 2 aliphatic carbocycles. The molecule has 2 unspecified atom stereocenters. The zero-order valence-corrected chi connectivity index (χ0v) is 7.63. The van der Waals surface area contributed by atoms with Crippen LogP contribution in [-0.2, 0) is 0 Å². The Labute approximate surface area is 74.4 Å². The first-order valence-electron chi connectivity index (χ1n) is 5.23. The minimum Gasteiger partial charge on any atom is -0.393 e. The van der Waals surface area contributed by atoms with Crippen LogP contribution in [0, 0.1) is 11.8 Å². The zero-order valence-electron chi connectivity index (χ0n) is 7.63. The van der Waals surface area contributed by atoms with Crippen LogP contribution in [0.4, 0.5) is 0 Å². The minimum atomic E-state index is -0.00211. The summed E-state index contributed by atoms with van der Waals surface area (Å²) in [5, 5.41) is 12.8. The van der Waals surface area contributed by atoms with Gasteiger partial charge in [-0.1, -0.05) is 0 Å². The predicted octanol–water partition coefficient (Wildman–Crippen LogP) is 1.15. The summed E-state index contributed by atoms with van der Waals surface area (Å²) in [5.41, 5.74) is 0. The Kier molecular flexibility index (Phi) is 2.66. The van der Waals surface area contributed by atoms with Gasteiger partial charge in [0.1, 0.15) is 0 Å². The summed E-state index contributed by atoms with van der Waals surface area (Å²) in [4.78, 5) is 0. The normalized spacial score (nSPS) is 35.8. The molecule has 70 valence electrons. The van der Waals surface area contributed by atoms with Gasteiger partial charge in [-0.15, -0.1) is 0 Å². The zero-order chi connectivity index (χ0) is 8.39. The average molecular weight is 169 g/mol. The molecule has 0 aromatic rings. The van der Waals surface area contributed by atoms with Crippen molar-refractivity contribution >= 4 is 0 Å². The molecule has 0 bridgehead atoms. The van der Waals surface area contributed by atoms with E-state index in [1.54, 1.807) is 0 Å². The van der Waals surface area contributed by atoms with E-state index in [0.29, 0.717) is 0 Å². The van der Waals surface area contributed by atoms with Crippen LogP contribution in [0.25, 0.3) is 0 Å². The van der Waals surface area contributed by atoms with Crippen molar-refractivity contribution in [3.63, 3.8) is 0 Å². The van der Waals surface area contributed by atoms with Gasteiger partial charge >= 0.3 is 0 Å². The van der Waals surface area contributed by atoms with E-state index < -0.39 is 0 Å². The Morgan fingerprint density at radius 1 is 1.00 bits per heavy atom. The lowest BCUT2D eigenvalue weighted by atomic mass is 10.1. The van der Waals surface area contributed by atoms with Gasteiger partial charge in [-0.3, -0.25) is 0 Å². The van der Waals surface area contributed by atoms with Crippen LogP contribution in [0.2, 0.25) is 0 Å². The van der Waals surface area contributed by atoms with Crippen LogP contribution >= 0.6 is 0 Å². The molecule has 0 radical (unpaired) electrons. The number of rotatable bonds is 4. The highest BCUT2D eigenvalue weighted by Gasteiger charge is 2.24. The SMILES string of the molecule is OC1CCC(CNCC2CC2)C1. The second kappa shape index (κ2) is 3.75. The van der Waals surface area contributed by atoms with E-state index in [-0.39, 0.29) is 6.10 Å². The van der Waals surface area contributed by atoms with E-state index in [0.717, 1.165) is 31.2 Å². The van der Waals surface area contributed by atoms with Gasteiger partial charge in [-0.2, -0.15) is 0 Å². The molecule has 2 nitrogen and oxygen atoms in total. The van der Waals surface area contributed by atoms with E-state index in [4.69, 9.17) is 0 Å². The lowest BCUT2D eigenvalue weighted by molar-refractivity contribution is 0.177. The number of hydrogen-bond donors (Lipinski definition) is 2. The quantitative estimate of drug-likeness (QED) is 0.661. The molecule has 2 saturated carbocycles. The standard InChI is InChI=1S/C10H19NO/c12-10-4-3-9(5-10)7-11-6-8-1-2-8/h8-12H,1-7H2. The summed E-state index contributed by atoms with van der Waals surface area (Å²) in [7, 11) is 0. The molecule has 2 rings (SSSR count). The second-order valence-corrected chi connectivity index (χ2v) is 4.43. The summed E-state index contributed by atoms with van der Waals surface area (Å²) in [6.45, 7) is 2.35. The first kappa shape index (κ1) is 8.52. The number of aliphatic hydroxyl groups is 1. The van der Waals surface area contributed by atoms with E-state index in [1.165, 1.54) is 25.8 Å². The Hall–Kier alpha value is -0.0800. The van der Waals surface area contributed by atoms with Crippen LogP contribution in [0.5, 0.6) is 0 Å². The van der Waals surface area contributed by atoms with Crippen LogP contribution in [0.3, 0.4) is 0 Å². The van der Waals surface area contributed by atoms with Crippen molar-refractivity contribution in [3.8, 4) is 0 Å². The van der Waals surface area contributed by atoms with Crippen molar-refractivity contribution in [3.05, 3.63) is 0 Å². The number of nitrogens with one attached hydrogen (secondary N) is 1. The highest BCUT2D eigenvalue weighted by Crippen LogP contribution is 2.28. The maximum atomic E-state index is 9.29. The molecular weight excluding hydrogens is 150 g/mol. The molecule has 2 atom stereocenters. The lowest BCUT2D eigenvalue weighted by Gasteiger charge is -2.09. The van der Waals surface area contributed by atoms with Crippen molar-refractivity contribution in [2.24, 2.45) is 11.8 Å². The number of aliphatic hydroxyl groups excluding tert-OH is 1. The highest BCUT2D eigenvalue weighted by molar-refractivity contribution is 4.79. The van der Waals surface area contributed by atoms with Crippen molar-refractivity contribution in [1.29, 1.82) is 0 Å². The smallest absolute Gasteiger partial charge is 0.0543 e. The fourth-order valence-electron chi connectivity index (χ4n) is 2.05. The Morgan fingerprint density at radius 2 is 1.67 bits per heavy atom.